The zero-order valence-corrected chi connectivity index (χ0v) is 10.5. The molecule has 0 spiro atoms. The first kappa shape index (κ1) is 13.8. The standard InChI is InChI=1S/C11H16N2O3S/c1-17(16)6-2-5-12-8-10-4-3-9(7-13-10)11(14)15/h3-4,7,12H,2,5-6,8H2,1H3,(H,14,15). The van der Waals surface area contributed by atoms with E-state index in [9.17, 15) is 9.00 Å². The largest absolute Gasteiger partial charge is 0.478 e. The fraction of sp³-hybridized carbons (Fsp3) is 0.455. The smallest absolute Gasteiger partial charge is 0.337 e. The van der Waals surface area contributed by atoms with Crippen LogP contribution >= 0.6 is 0 Å². The number of rotatable bonds is 7. The van der Waals surface area contributed by atoms with E-state index in [1.165, 1.54) is 12.3 Å². The predicted molar refractivity (Wildman–Crippen MR) is 66.5 cm³/mol. The summed E-state index contributed by atoms with van der Waals surface area (Å²) < 4.78 is 10.8. The number of nitrogens with zero attached hydrogens (tertiary/aromatic N) is 1. The molecule has 0 saturated carbocycles. The highest BCUT2D eigenvalue weighted by molar-refractivity contribution is 7.84. The first-order valence-electron chi connectivity index (χ1n) is 5.28. The number of nitrogens with one attached hydrogen (secondary N) is 1. The summed E-state index contributed by atoms with van der Waals surface area (Å²) in [5.74, 6) is -0.277. The number of aromatic carboxylic acids is 1. The van der Waals surface area contributed by atoms with Crippen LogP contribution in [0.1, 0.15) is 22.5 Å². The minimum atomic E-state index is -0.970. The maximum Gasteiger partial charge on any atom is 0.337 e. The van der Waals surface area contributed by atoms with Gasteiger partial charge in [0.15, 0.2) is 0 Å². The van der Waals surface area contributed by atoms with E-state index in [0.717, 1.165) is 18.7 Å². The van der Waals surface area contributed by atoms with Crippen molar-refractivity contribution in [3.8, 4) is 0 Å². The second kappa shape index (κ2) is 7.13. The van der Waals surface area contributed by atoms with Crippen molar-refractivity contribution in [2.75, 3.05) is 18.6 Å². The number of aromatic nitrogens is 1. The van der Waals surface area contributed by atoms with Crippen molar-refractivity contribution in [1.29, 1.82) is 0 Å². The molecule has 94 valence electrons. The molecule has 0 aliphatic rings. The maximum atomic E-state index is 10.8. The zero-order valence-electron chi connectivity index (χ0n) is 9.68. The van der Waals surface area contributed by atoms with Gasteiger partial charge in [-0.15, -0.1) is 0 Å². The molecule has 0 saturated heterocycles. The first-order valence-corrected chi connectivity index (χ1v) is 7.01. The van der Waals surface area contributed by atoms with Crippen molar-refractivity contribution in [2.45, 2.75) is 13.0 Å². The SMILES string of the molecule is CS(=O)CCCNCc1ccc(C(=O)O)cn1. The molecule has 1 atom stereocenters. The number of hydrogen-bond donors (Lipinski definition) is 2. The van der Waals surface area contributed by atoms with Gasteiger partial charge in [-0.05, 0) is 25.1 Å². The molecule has 0 fully saturated rings. The third-order valence-corrected chi connectivity index (χ3v) is 3.03. The Morgan fingerprint density at radius 2 is 2.29 bits per heavy atom. The first-order chi connectivity index (χ1) is 8.09. The van der Waals surface area contributed by atoms with E-state index in [4.69, 9.17) is 5.11 Å². The second-order valence-electron chi connectivity index (χ2n) is 3.65. The average Bonchev–Trinajstić information content (AvgIpc) is 2.29. The lowest BCUT2D eigenvalue weighted by Crippen LogP contribution is -2.17. The van der Waals surface area contributed by atoms with Crippen LogP contribution in [-0.4, -0.2) is 38.8 Å². The second-order valence-corrected chi connectivity index (χ2v) is 5.21. The van der Waals surface area contributed by atoms with E-state index in [1.807, 2.05) is 0 Å². The summed E-state index contributed by atoms with van der Waals surface area (Å²) >= 11 is 0. The van der Waals surface area contributed by atoms with Gasteiger partial charge in [-0.1, -0.05) is 0 Å². The Balaban J connectivity index is 2.27. The normalized spacial score (nSPS) is 12.3. The molecular weight excluding hydrogens is 240 g/mol. The Hall–Kier alpha value is -1.27. The third-order valence-electron chi connectivity index (χ3n) is 2.16. The molecule has 0 radical (unpaired) electrons. The van der Waals surface area contributed by atoms with Gasteiger partial charge in [-0.2, -0.15) is 0 Å². The number of carbonyl (C=O) groups is 1. The van der Waals surface area contributed by atoms with Gasteiger partial charge in [-0.25, -0.2) is 4.79 Å². The summed E-state index contributed by atoms with van der Waals surface area (Å²) in [4.78, 5) is 14.6. The molecule has 0 amide bonds. The lowest BCUT2D eigenvalue weighted by Gasteiger charge is -2.03. The molecule has 0 bridgehead atoms. The van der Waals surface area contributed by atoms with Gasteiger partial charge in [-0.3, -0.25) is 9.19 Å². The summed E-state index contributed by atoms with van der Waals surface area (Å²) in [6.45, 7) is 1.37. The van der Waals surface area contributed by atoms with Crippen molar-refractivity contribution in [3.63, 3.8) is 0 Å². The van der Waals surface area contributed by atoms with E-state index in [-0.39, 0.29) is 5.56 Å². The molecule has 1 rings (SSSR count). The molecule has 5 nitrogen and oxygen atoms in total. The zero-order chi connectivity index (χ0) is 12.7. The van der Waals surface area contributed by atoms with Gasteiger partial charge < -0.3 is 10.4 Å². The van der Waals surface area contributed by atoms with Crippen LogP contribution in [0.4, 0.5) is 0 Å². The van der Waals surface area contributed by atoms with Crippen LogP contribution in [-0.2, 0) is 17.3 Å². The van der Waals surface area contributed by atoms with Crippen LogP contribution in [0.3, 0.4) is 0 Å². The molecule has 0 aliphatic heterocycles. The summed E-state index contributed by atoms with van der Waals surface area (Å²) in [6, 6.07) is 3.22. The molecule has 1 heterocycles. The van der Waals surface area contributed by atoms with Gasteiger partial charge in [0, 0.05) is 35.5 Å². The maximum absolute atomic E-state index is 10.8. The molecule has 1 aromatic rings. The molecule has 6 heteroatoms. The van der Waals surface area contributed by atoms with E-state index in [0.29, 0.717) is 12.3 Å². The van der Waals surface area contributed by atoms with E-state index in [2.05, 4.69) is 10.3 Å². The molecular formula is C11H16N2O3S. The van der Waals surface area contributed by atoms with Crippen LogP contribution in [0.5, 0.6) is 0 Å². The van der Waals surface area contributed by atoms with Crippen LogP contribution in [0.25, 0.3) is 0 Å². The Morgan fingerprint density at radius 1 is 1.53 bits per heavy atom. The highest BCUT2D eigenvalue weighted by Crippen LogP contribution is 2.00. The summed E-state index contributed by atoms with van der Waals surface area (Å²) in [7, 11) is -0.743. The van der Waals surface area contributed by atoms with E-state index in [1.54, 1.807) is 12.3 Å². The molecule has 17 heavy (non-hydrogen) atoms. The highest BCUT2D eigenvalue weighted by atomic mass is 32.2. The van der Waals surface area contributed by atoms with Gasteiger partial charge in [0.05, 0.1) is 11.3 Å². The van der Waals surface area contributed by atoms with Crippen molar-refractivity contribution in [2.24, 2.45) is 0 Å². The Labute approximate surface area is 103 Å². The van der Waals surface area contributed by atoms with Crippen LogP contribution in [0.2, 0.25) is 0 Å². The van der Waals surface area contributed by atoms with Crippen molar-refractivity contribution in [3.05, 3.63) is 29.6 Å². The van der Waals surface area contributed by atoms with Crippen molar-refractivity contribution >= 4 is 16.8 Å². The quantitative estimate of drug-likeness (QED) is 0.700. The highest BCUT2D eigenvalue weighted by Gasteiger charge is 2.02. The Bertz CT molecular complexity index is 392. The topological polar surface area (TPSA) is 79.3 Å². The monoisotopic (exact) mass is 256 g/mol. The van der Waals surface area contributed by atoms with Gasteiger partial charge in [0.2, 0.25) is 0 Å². The minimum Gasteiger partial charge on any atom is -0.478 e. The fourth-order valence-corrected chi connectivity index (χ4v) is 1.82. The minimum absolute atomic E-state index is 0.190. The third kappa shape index (κ3) is 5.55. The van der Waals surface area contributed by atoms with Gasteiger partial charge in [0.1, 0.15) is 0 Å². The molecule has 1 aromatic heterocycles. The fourth-order valence-electron chi connectivity index (χ4n) is 1.27. The van der Waals surface area contributed by atoms with Crippen molar-refractivity contribution < 1.29 is 14.1 Å². The van der Waals surface area contributed by atoms with Gasteiger partial charge in [0.25, 0.3) is 0 Å². The molecule has 1 unspecified atom stereocenters. The molecule has 0 aromatic carbocycles. The Morgan fingerprint density at radius 3 is 2.82 bits per heavy atom. The van der Waals surface area contributed by atoms with Crippen LogP contribution in [0.15, 0.2) is 18.3 Å². The van der Waals surface area contributed by atoms with E-state index < -0.39 is 16.8 Å². The van der Waals surface area contributed by atoms with Gasteiger partial charge >= 0.3 is 5.97 Å². The number of pyridine rings is 1. The number of carboxylic acid groups (broad SMARTS) is 1. The average molecular weight is 256 g/mol. The molecule has 2 N–H and O–H groups in total. The van der Waals surface area contributed by atoms with Crippen molar-refractivity contribution in [1.82, 2.24) is 10.3 Å². The predicted octanol–water partition coefficient (Wildman–Crippen LogP) is 0.638. The van der Waals surface area contributed by atoms with Crippen LogP contribution in [0, 0.1) is 0 Å². The number of carboxylic acids is 1. The summed E-state index contributed by atoms with van der Waals surface area (Å²) in [6.07, 6.45) is 3.89. The number of hydrogen-bond acceptors (Lipinski definition) is 4. The summed E-state index contributed by atoms with van der Waals surface area (Å²) in [5.41, 5.74) is 0.989. The molecule has 0 aliphatic carbocycles. The lowest BCUT2D eigenvalue weighted by molar-refractivity contribution is 0.0696. The van der Waals surface area contributed by atoms with E-state index >= 15 is 0 Å². The lowest BCUT2D eigenvalue weighted by atomic mass is 10.2. The Kier molecular flexibility index (Phi) is 5.79. The summed E-state index contributed by atoms with van der Waals surface area (Å²) in [5, 5.41) is 11.9. The van der Waals surface area contributed by atoms with Crippen LogP contribution < -0.4 is 5.32 Å².